The first-order chi connectivity index (χ1) is 13.7. The van der Waals surface area contributed by atoms with Crippen LogP contribution >= 0.6 is 0 Å². The van der Waals surface area contributed by atoms with Gasteiger partial charge in [0.05, 0.1) is 5.69 Å². The summed E-state index contributed by atoms with van der Waals surface area (Å²) in [5, 5.41) is 4.06. The van der Waals surface area contributed by atoms with Gasteiger partial charge in [0.2, 0.25) is 5.76 Å². The Labute approximate surface area is 171 Å². The Kier molecular flexibility index (Phi) is 5.13. The smallest absolute Gasteiger partial charge is 0.292 e. The molecule has 2 atom stereocenters. The SMILES string of the molecule is CC(C)Cc1cc(C(=O)N2CC[C@H]3[C@@H](C2)CC(C)(C)N3c2cccc(F)c2)on1. The number of carbonyl (C=O) groups is 1. The second kappa shape index (κ2) is 7.47. The van der Waals surface area contributed by atoms with Gasteiger partial charge in [-0.15, -0.1) is 0 Å². The van der Waals surface area contributed by atoms with Gasteiger partial charge in [-0.2, -0.15) is 0 Å². The minimum Gasteiger partial charge on any atom is -0.363 e. The molecule has 2 fully saturated rings. The second-order valence-electron chi connectivity index (χ2n) is 9.51. The highest BCUT2D eigenvalue weighted by molar-refractivity contribution is 5.91. The molecule has 0 aliphatic carbocycles. The molecule has 0 spiro atoms. The van der Waals surface area contributed by atoms with E-state index in [-0.39, 0.29) is 17.3 Å². The van der Waals surface area contributed by atoms with E-state index in [1.54, 1.807) is 18.2 Å². The highest BCUT2D eigenvalue weighted by Gasteiger charge is 2.49. The molecule has 1 aromatic heterocycles. The van der Waals surface area contributed by atoms with Crippen molar-refractivity contribution in [3.8, 4) is 0 Å². The van der Waals surface area contributed by atoms with E-state index < -0.39 is 0 Å². The number of aromatic nitrogens is 1. The highest BCUT2D eigenvalue weighted by atomic mass is 19.1. The number of fused-ring (bicyclic) bond motifs is 1. The maximum Gasteiger partial charge on any atom is 0.292 e. The minimum absolute atomic E-state index is 0.0760. The van der Waals surface area contributed by atoms with Crippen molar-refractivity contribution < 1.29 is 13.7 Å². The van der Waals surface area contributed by atoms with Crippen molar-refractivity contribution in [3.05, 3.63) is 47.6 Å². The van der Waals surface area contributed by atoms with E-state index in [2.05, 4.69) is 37.8 Å². The average molecular weight is 400 g/mol. The predicted octanol–water partition coefficient (Wildman–Crippen LogP) is 4.53. The third kappa shape index (κ3) is 3.89. The van der Waals surface area contributed by atoms with Crippen molar-refractivity contribution >= 4 is 11.6 Å². The summed E-state index contributed by atoms with van der Waals surface area (Å²) in [4.78, 5) is 17.2. The predicted molar refractivity (Wildman–Crippen MR) is 110 cm³/mol. The number of carbonyl (C=O) groups excluding carboxylic acids is 1. The standard InChI is InChI=1S/C23H30FN3O2/c1-15(2)10-18-12-21(29-25-18)22(28)26-9-8-20-16(14-26)13-23(3,4)27(20)19-7-5-6-17(24)11-19/h5-7,11-12,15-16,20H,8-10,13-14H2,1-4H3/t16-,20+/m1/s1. The first-order valence-electron chi connectivity index (χ1n) is 10.5. The van der Waals surface area contributed by atoms with Crippen LogP contribution in [0, 0.1) is 17.7 Å². The molecule has 156 valence electrons. The number of anilines is 1. The molecule has 1 aromatic carbocycles. The number of piperidine rings is 1. The van der Waals surface area contributed by atoms with Crippen LogP contribution < -0.4 is 4.90 Å². The topological polar surface area (TPSA) is 49.6 Å². The summed E-state index contributed by atoms with van der Waals surface area (Å²) in [6.45, 7) is 10.0. The Morgan fingerprint density at radius 2 is 2.14 bits per heavy atom. The van der Waals surface area contributed by atoms with Gasteiger partial charge in [-0.3, -0.25) is 4.79 Å². The molecule has 0 radical (unpaired) electrons. The number of rotatable bonds is 4. The van der Waals surface area contributed by atoms with Gasteiger partial charge < -0.3 is 14.3 Å². The number of nitrogens with zero attached hydrogens (tertiary/aromatic N) is 3. The van der Waals surface area contributed by atoms with E-state index in [4.69, 9.17) is 4.52 Å². The zero-order chi connectivity index (χ0) is 20.8. The normalized spacial score (nSPS) is 23.5. The number of likely N-dealkylation sites (tertiary alicyclic amines) is 1. The van der Waals surface area contributed by atoms with Crippen LogP contribution in [0.4, 0.5) is 10.1 Å². The van der Waals surface area contributed by atoms with E-state index in [1.807, 2.05) is 11.0 Å². The van der Waals surface area contributed by atoms with Crippen molar-refractivity contribution in [2.24, 2.45) is 11.8 Å². The van der Waals surface area contributed by atoms with Gasteiger partial charge >= 0.3 is 0 Å². The fourth-order valence-electron chi connectivity index (χ4n) is 5.18. The molecule has 0 bridgehead atoms. The summed E-state index contributed by atoms with van der Waals surface area (Å²) in [7, 11) is 0. The molecule has 5 nitrogen and oxygen atoms in total. The third-order valence-corrected chi connectivity index (χ3v) is 6.20. The number of amides is 1. The van der Waals surface area contributed by atoms with E-state index in [0.29, 0.717) is 36.7 Å². The summed E-state index contributed by atoms with van der Waals surface area (Å²) >= 11 is 0. The molecule has 0 saturated carbocycles. The number of hydrogen-bond donors (Lipinski definition) is 0. The largest absolute Gasteiger partial charge is 0.363 e. The van der Waals surface area contributed by atoms with E-state index in [0.717, 1.165) is 30.6 Å². The molecule has 0 unspecified atom stereocenters. The molecule has 2 aliphatic heterocycles. The van der Waals surface area contributed by atoms with Crippen molar-refractivity contribution in [2.45, 2.75) is 58.5 Å². The molecule has 2 saturated heterocycles. The summed E-state index contributed by atoms with van der Waals surface area (Å²) < 4.78 is 19.2. The quantitative estimate of drug-likeness (QED) is 0.758. The Morgan fingerprint density at radius 1 is 1.34 bits per heavy atom. The van der Waals surface area contributed by atoms with Crippen LogP contribution in [0.15, 0.2) is 34.9 Å². The van der Waals surface area contributed by atoms with Crippen LogP contribution in [-0.2, 0) is 6.42 Å². The Bertz CT molecular complexity index is 892. The molecule has 29 heavy (non-hydrogen) atoms. The molecule has 1 amide bonds. The van der Waals surface area contributed by atoms with Gasteiger partial charge in [0.15, 0.2) is 0 Å². The van der Waals surface area contributed by atoms with Crippen molar-refractivity contribution in [1.29, 1.82) is 0 Å². The molecular weight excluding hydrogens is 369 g/mol. The van der Waals surface area contributed by atoms with Gasteiger partial charge in [0, 0.05) is 36.4 Å². The number of halogens is 1. The lowest BCUT2D eigenvalue weighted by molar-refractivity contribution is 0.0625. The number of benzene rings is 1. The molecule has 2 aromatic rings. The van der Waals surface area contributed by atoms with Crippen LogP contribution in [0.5, 0.6) is 0 Å². The average Bonchev–Trinajstić information content (AvgIpc) is 3.20. The molecular formula is C23H30FN3O2. The molecule has 4 rings (SSSR count). The summed E-state index contributed by atoms with van der Waals surface area (Å²) in [5.41, 5.74) is 1.67. The molecule has 6 heteroatoms. The first-order valence-corrected chi connectivity index (χ1v) is 10.5. The van der Waals surface area contributed by atoms with Crippen LogP contribution in [0.2, 0.25) is 0 Å². The molecule has 2 aliphatic rings. The zero-order valence-corrected chi connectivity index (χ0v) is 17.7. The summed E-state index contributed by atoms with van der Waals surface area (Å²) in [6, 6.07) is 8.94. The van der Waals surface area contributed by atoms with Crippen molar-refractivity contribution in [2.75, 3.05) is 18.0 Å². The monoisotopic (exact) mass is 399 g/mol. The fraction of sp³-hybridized carbons (Fsp3) is 0.565. The Balaban J connectivity index is 1.49. The number of hydrogen-bond acceptors (Lipinski definition) is 4. The van der Waals surface area contributed by atoms with Gasteiger partial charge in [-0.05, 0) is 63.1 Å². The third-order valence-electron chi connectivity index (χ3n) is 6.20. The van der Waals surface area contributed by atoms with Gasteiger partial charge in [-0.25, -0.2) is 4.39 Å². The van der Waals surface area contributed by atoms with Crippen molar-refractivity contribution in [3.63, 3.8) is 0 Å². The summed E-state index contributed by atoms with van der Waals surface area (Å²) in [5.74, 6) is 0.862. The van der Waals surface area contributed by atoms with Crippen LogP contribution in [0.25, 0.3) is 0 Å². The van der Waals surface area contributed by atoms with E-state index >= 15 is 0 Å². The molecule has 0 N–H and O–H groups in total. The maximum absolute atomic E-state index is 13.8. The lowest BCUT2D eigenvalue weighted by Gasteiger charge is -2.41. The fourth-order valence-corrected chi connectivity index (χ4v) is 5.18. The second-order valence-corrected chi connectivity index (χ2v) is 9.51. The lowest BCUT2D eigenvalue weighted by Crippen LogP contribution is -2.50. The first kappa shape index (κ1) is 19.9. The van der Waals surface area contributed by atoms with Crippen LogP contribution in [0.3, 0.4) is 0 Å². The summed E-state index contributed by atoms with van der Waals surface area (Å²) in [6.07, 6.45) is 2.63. The van der Waals surface area contributed by atoms with Gasteiger partial charge in [0.1, 0.15) is 5.82 Å². The van der Waals surface area contributed by atoms with Crippen molar-refractivity contribution in [1.82, 2.24) is 10.1 Å². The Morgan fingerprint density at radius 3 is 2.86 bits per heavy atom. The molecule has 3 heterocycles. The zero-order valence-electron chi connectivity index (χ0n) is 17.7. The minimum atomic E-state index is -0.211. The van der Waals surface area contributed by atoms with Gasteiger partial charge in [0.25, 0.3) is 5.91 Å². The van der Waals surface area contributed by atoms with Crippen LogP contribution in [0.1, 0.15) is 56.8 Å². The highest BCUT2D eigenvalue weighted by Crippen LogP contribution is 2.44. The lowest BCUT2D eigenvalue weighted by atomic mass is 9.89. The maximum atomic E-state index is 13.8. The van der Waals surface area contributed by atoms with E-state index in [1.165, 1.54) is 6.07 Å². The van der Waals surface area contributed by atoms with Crippen LogP contribution in [-0.4, -0.2) is 40.6 Å². The Hall–Kier alpha value is -2.37. The van der Waals surface area contributed by atoms with E-state index in [9.17, 15) is 9.18 Å². The van der Waals surface area contributed by atoms with Gasteiger partial charge in [-0.1, -0.05) is 25.1 Å².